The number of rotatable bonds is 5. The molecule has 0 bridgehead atoms. The Kier molecular flexibility index (Phi) is 4.73. The van der Waals surface area contributed by atoms with E-state index in [1.54, 1.807) is 12.1 Å². The van der Waals surface area contributed by atoms with E-state index in [4.69, 9.17) is 21.6 Å². The Morgan fingerprint density at radius 3 is 3.00 bits per heavy atom. The molecule has 0 unspecified atom stereocenters. The van der Waals surface area contributed by atoms with E-state index in [1.807, 2.05) is 0 Å². The molecule has 0 atom stereocenters. The predicted molar refractivity (Wildman–Crippen MR) is 80.2 cm³/mol. The summed E-state index contributed by atoms with van der Waals surface area (Å²) in [5.74, 6) is 3.53. The van der Waals surface area contributed by atoms with E-state index in [-0.39, 0.29) is 12.6 Å². The van der Waals surface area contributed by atoms with Crippen molar-refractivity contribution in [3.8, 4) is 23.8 Å². The number of nitrogens with zero attached hydrogens (tertiary/aromatic N) is 5. The van der Waals surface area contributed by atoms with Crippen LogP contribution in [0.25, 0.3) is 0 Å². The molecular weight excluding hydrogens is 340 g/mol. The highest BCUT2D eigenvalue weighted by atomic mass is 79.9. The van der Waals surface area contributed by atoms with Gasteiger partial charge in [0, 0.05) is 0 Å². The normalized spacial score (nSPS) is 10.5. The third-order valence-corrected chi connectivity index (χ3v) is 2.93. The Bertz CT molecular complexity index is 706. The molecule has 0 saturated carbocycles. The zero-order chi connectivity index (χ0) is 15.2. The molecule has 0 amide bonds. The lowest BCUT2D eigenvalue weighted by Crippen LogP contribution is -2.01. The first-order valence-corrected chi connectivity index (χ1v) is 6.47. The lowest BCUT2D eigenvalue weighted by Gasteiger charge is -2.11. The second kappa shape index (κ2) is 6.71. The monoisotopic (exact) mass is 350 g/mol. The third-order valence-electron chi connectivity index (χ3n) is 2.34. The summed E-state index contributed by atoms with van der Waals surface area (Å²) < 4.78 is 11.4. The minimum absolute atomic E-state index is 0.0891. The van der Waals surface area contributed by atoms with E-state index in [0.717, 1.165) is 10.4 Å². The van der Waals surface area contributed by atoms with Gasteiger partial charge in [0.15, 0.2) is 11.5 Å². The molecule has 21 heavy (non-hydrogen) atoms. The van der Waals surface area contributed by atoms with Crippen LogP contribution < -0.4 is 15.2 Å². The highest BCUT2D eigenvalue weighted by molar-refractivity contribution is 9.10. The van der Waals surface area contributed by atoms with Gasteiger partial charge in [0.25, 0.3) is 5.95 Å². The van der Waals surface area contributed by atoms with Crippen molar-refractivity contribution < 1.29 is 9.47 Å². The Morgan fingerprint density at radius 2 is 2.38 bits per heavy atom. The maximum atomic E-state index is 5.51. The van der Waals surface area contributed by atoms with E-state index in [9.17, 15) is 0 Å². The molecule has 0 saturated heterocycles. The van der Waals surface area contributed by atoms with E-state index in [1.165, 1.54) is 13.3 Å². The van der Waals surface area contributed by atoms with E-state index < -0.39 is 0 Å². The van der Waals surface area contributed by atoms with Gasteiger partial charge in [-0.2, -0.15) is 5.10 Å². The molecule has 0 aliphatic heterocycles. The summed E-state index contributed by atoms with van der Waals surface area (Å²) in [5.41, 5.74) is 6.25. The third kappa shape index (κ3) is 3.49. The molecule has 2 aromatic rings. The molecule has 0 fully saturated rings. The Hall–Kier alpha value is -2.60. The number of benzene rings is 1. The van der Waals surface area contributed by atoms with Gasteiger partial charge in [0.2, 0.25) is 0 Å². The molecule has 0 aliphatic carbocycles. The van der Waals surface area contributed by atoms with Crippen molar-refractivity contribution in [3.05, 3.63) is 22.2 Å². The van der Waals surface area contributed by atoms with Crippen LogP contribution in [0.5, 0.6) is 11.5 Å². The average molecular weight is 351 g/mol. The van der Waals surface area contributed by atoms with Crippen molar-refractivity contribution in [1.29, 1.82) is 0 Å². The fourth-order valence-corrected chi connectivity index (χ4v) is 2.04. The molecule has 0 spiro atoms. The predicted octanol–water partition coefficient (Wildman–Crippen LogP) is 0.921. The number of aromatic nitrogens is 4. The smallest absolute Gasteiger partial charge is 0.263 e. The van der Waals surface area contributed by atoms with Crippen molar-refractivity contribution in [2.24, 2.45) is 5.10 Å². The molecular formula is C12H11BrN6O2. The summed E-state index contributed by atoms with van der Waals surface area (Å²) in [4.78, 5) is 1.10. The van der Waals surface area contributed by atoms with E-state index >= 15 is 0 Å². The number of anilines is 1. The summed E-state index contributed by atoms with van der Waals surface area (Å²) in [5, 5.41) is 14.5. The Morgan fingerprint density at radius 1 is 1.57 bits per heavy atom. The van der Waals surface area contributed by atoms with Crippen LogP contribution in [0.15, 0.2) is 21.7 Å². The van der Waals surface area contributed by atoms with Crippen LogP contribution in [0, 0.1) is 12.3 Å². The fraction of sp³-hybridized carbons (Fsp3) is 0.167. The zero-order valence-corrected chi connectivity index (χ0v) is 12.6. The first kappa shape index (κ1) is 14.8. The number of nitrogen functional groups attached to an aromatic ring is 1. The van der Waals surface area contributed by atoms with Crippen LogP contribution in [0.1, 0.15) is 5.56 Å². The molecule has 2 N–H and O–H groups in total. The minimum atomic E-state index is 0.0891. The number of hydrogen-bond acceptors (Lipinski definition) is 7. The molecule has 1 aromatic heterocycles. The largest absolute Gasteiger partial charge is 0.493 e. The average Bonchev–Trinajstić information content (AvgIpc) is 2.88. The summed E-state index contributed by atoms with van der Waals surface area (Å²) in [6.45, 7) is 0.142. The van der Waals surface area contributed by atoms with Crippen molar-refractivity contribution in [2.75, 3.05) is 19.5 Å². The highest BCUT2D eigenvalue weighted by Crippen LogP contribution is 2.36. The molecule has 108 valence electrons. The second-order valence-electron chi connectivity index (χ2n) is 3.70. The Labute approximate surface area is 129 Å². The summed E-state index contributed by atoms with van der Waals surface area (Å²) in [6, 6.07) is 3.53. The maximum absolute atomic E-state index is 5.51. The number of hydrogen-bond donors (Lipinski definition) is 1. The van der Waals surface area contributed by atoms with Crippen molar-refractivity contribution >= 4 is 28.1 Å². The number of methoxy groups -OCH3 is 1. The summed E-state index contributed by atoms with van der Waals surface area (Å²) in [6.07, 6.45) is 6.71. The zero-order valence-electron chi connectivity index (χ0n) is 11.0. The van der Waals surface area contributed by atoms with Gasteiger partial charge in [-0.3, -0.25) is 0 Å². The lowest BCUT2D eigenvalue weighted by atomic mass is 10.2. The van der Waals surface area contributed by atoms with Gasteiger partial charge in [-0.15, -0.1) is 6.42 Å². The van der Waals surface area contributed by atoms with E-state index in [2.05, 4.69) is 42.5 Å². The van der Waals surface area contributed by atoms with Crippen LogP contribution in [0.2, 0.25) is 0 Å². The van der Waals surface area contributed by atoms with Crippen LogP contribution in [0.4, 0.5) is 5.95 Å². The molecule has 2 rings (SSSR count). The van der Waals surface area contributed by atoms with Gasteiger partial charge in [-0.05, 0) is 44.1 Å². The number of terminal acetylenes is 1. The number of halogens is 1. The summed E-state index contributed by atoms with van der Waals surface area (Å²) >= 11 is 3.40. The fourth-order valence-electron chi connectivity index (χ4n) is 1.46. The van der Waals surface area contributed by atoms with Crippen LogP contribution in [0.3, 0.4) is 0 Å². The molecule has 9 heteroatoms. The lowest BCUT2D eigenvalue weighted by molar-refractivity contribution is 0.329. The van der Waals surface area contributed by atoms with Crippen molar-refractivity contribution in [2.45, 2.75) is 0 Å². The highest BCUT2D eigenvalue weighted by Gasteiger charge is 2.11. The first-order valence-electron chi connectivity index (χ1n) is 5.67. The van der Waals surface area contributed by atoms with Gasteiger partial charge >= 0.3 is 0 Å². The number of nitrogens with two attached hydrogens (primary N) is 1. The van der Waals surface area contributed by atoms with Crippen LogP contribution in [-0.2, 0) is 0 Å². The van der Waals surface area contributed by atoms with Gasteiger partial charge in [0.1, 0.15) is 6.61 Å². The van der Waals surface area contributed by atoms with Gasteiger partial charge in [-0.1, -0.05) is 15.8 Å². The topological polar surface area (TPSA) is 100 Å². The Balaban J connectivity index is 2.30. The quantitative estimate of drug-likeness (QED) is 0.635. The van der Waals surface area contributed by atoms with Gasteiger partial charge in [0.05, 0.1) is 17.8 Å². The standard InChI is InChI=1S/C12H11BrN6O2/c1-3-4-21-11-9(13)5-8(6-10(11)20-2)7-15-19-12(14)16-17-18-19/h1,5-7H,4H2,2H3,(H2,14,16,18). The summed E-state index contributed by atoms with van der Waals surface area (Å²) in [7, 11) is 1.53. The van der Waals surface area contributed by atoms with Crippen LogP contribution in [-0.4, -0.2) is 40.2 Å². The number of ether oxygens (including phenoxy) is 2. The molecule has 1 aromatic carbocycles. The maximum Gasteiger partial charge on any atom is 0.263 e. The molecule has 1 heterocycles. The van der Waals surface area contributed by atoms with Crippen LogP contribution >= 0.6 is 15.9 Å². The van der Waals surface area contributed by atoms with Crippen molar-refractivity contribution in [1.82, 2.24) is 20.3 Å². The second-order valence-corrected chi connectivity index (χ2v) is 4.55. The van der Waals surface area contributed by atoms with Gasteiger partial charge < -0.3 is 15.2 Å². The number of tetrazole rings is 1. The minimum Gasteiger partial charge on any atom is -0.493 e. The first-order chi connectivity index (χ1) is 10.2. The molecule has 0 aliphatic rings. The molecule has 0 radical (unpaired) electrons. The van der Waals surface area contributed by atoms with E-state index in [0.29, 0.717) is 16.0 Å². The van der Waals surface area contributed by atoms with Crippen molar-refractivity contribution in [3.63, 3.8) is 0 Å². The molecule has 8 nitrogen and oxygen atoms in total. The SMILES string of the molecule is C#CCOc1c(Br)cc(C=Nn2nnnc2N)cc1OC. The van der Waals surface area contributed by atoms with Gasteiger partial charge in [-0.25, -0.2) is 0 Å².